The second-order valence-corrected chi connectivity index (χ2v) is 7.06. The van der Waals surface area contributed by atoms with E-state index in [2.05, 4.69) is 18.8 Å². The molecule has 2 nitrogen and oxygen atoms in total. The van der Waals surface area contributed by atoms with Crippen molar-refractivity contribution in [2.75, 3.05) is 6.54 Å². The van der Waals surface area contributed by atoms with Crippen molar-refractivity contribution in [1.82, 2.24) is 4.90 Å². The number of hydrogen-bond donors (Lipinski definition) is 0. The van der Waals surface area contributed by atoms with Gasteiger partial charge in [-0.25, -0.2) is 18.2 Å². The van der Waals surface area contributed by atoms with Gasteiger partial charge in [-0.2, -0.15) is 0 Å². The minimum Gasteiger partial charge on any atom is -0.343 e. The highest BCUT2D eigenvalue weighted by Crippen LogP contribution is 2.48. The summed E-state index contributed by atoms with van der Waals surface area (Å²) in [5.74, 6) is -0.0688. The number of halogens is 3. The fourth-order valence-electron chi connectivity index (χ4n) is 4.06. The van der Waals surface area contributed by atoms with E-state index in [1.165, 1.54) is 18.5 Å². The first-order valence-corrected chi connectivity index (χ1v) is 9.45. The number of hydrogen-bond acceptors (Lipinski definition) is 2. The average Bonchev–Trinajstić information content (AvgIpc) is 2.67. The first kappa shape index (κ1) is 19.5. The number of rotatable bonds is 7. The van der Waals surface area contributed by atoms with Crippen molar-refractivity contribution in [3.8, 4) is 0 Å². The van der Waals surface area contributed by atoms with Gasteiger partial charge in [0.15, 0.2) is 0 Å². The monoisotopic (exact) mass is 374 g/mol. The zero-order chi connectivity index (χ0) is 19.4. The first-order valence-electron chi connectivity index (χ1n) is 9.45. The molecule has 0 amide bonds. The lowest BCUT2D eigenvalue weighted by Crippen LogP contribution is -2.51. The Bertz CT molecular complexity index is 787. The van der Waals surface area contributed by atoms with Gasteiger partial charge in [0.2, 0.25) is 0 Å². The SMILES string of the molecule is CCC(CC)CC1(c2ccccc2)c2cc(F)ccc2N=CN1CC(F)F. The minimum atomic E-state index is -2.52. The van der Waals surface area contributed by atoms with E-state index >= 15 is 0 Å². The summed E-state index contributed by atoms with van der Waals surface area (Å²) >= 11 is 0. The fraction of sp³-hybridized carbons (Fsp3) is 0.409. The van der Waals surface area contributed by atoms with Crippen LogP contribution in [0.5, 0.6) is 0 Å². The van der Waals surface area contributed by atoms with Gasteiger partial charge < -0.3 is 4.90 Å². The van der Waals surface area contributed by atoms with Crippen LogP contribution in [-0.2, 0) is 5.54 Å². The zero-order valence-corrected chi connectivity index (χ0v) is 15.7. The van der Waals surface area contributed by atoms with Gasteiger partial charge in [0.05, 0.1) is 24.1 Å². The van der Waals surface area contributed by atoms with Crippen LogP contribution >= 0.6 is 0 Å². The third-order valence-corrected chi connectivity index (χ3v) is 5.56. The number of fused-ring (bicyclic) bond motifs is 1. The number of benzene rings is 2. The summed E-state index contributed by atoms with van der Waals surface area (Å²) in [6, 6.07) is 14.0. The molecule has 0 N–H and O–H groups in total. The molecule has 5 heteroatoms. The van der Waals surface area contributed by atoms with Crippen LogP contribution in [0.1, 0.15) is 44.2 Å². The highest BCUT2D eigenvalue weighted by Gasteiger charge is 2.45. The smallest absolute Gasteiger partial charge is 0.255 e. The van der Waals surface area contributed by atoms with Gasteiger partial charge in [0.25, 0.3) is 6.43 Å². The molecule has 0 bridgehead atoms. The van der Waals surface area contributed by atoms with E-state index in [9.17, 15) is 13.2 Å². The molecule has 0 aliphatic carbocycles. The summed E-state index contributed by atoms with van der Waals surface area (Å²) in [7, 11) is 0. The molecule has 1 heterocycles. The second-order valence-electron chi connectivity index (χ2n) is 7.06. The summed E-state index contributed by atoms with van der Waals surface area (Å²) in [6.45, 7) is 3.76. The standard InChI is InChI=1S/C22H25F3N2/c1-3-16(4-2)13-22(17-8-6-5-7-9-17)19-12-18(23)10-11-20(19)26-15-27(22)14-21(24)25/h5-12,15-16,21H,3-4,13-14H2,1-2H3. The Morgan fingerprint density at radius 3 is 2.37 bits per heavy atom. The van der Waals surface area contributed by atoms with Gasteiger partial charge in [-0.15, -0.1) is 0 Å². The Hall–Kier alpha value is -2.30. The lowest BCUT2D eigenvalue weighted by molar-refractivity contribution is 0.0700. The maximum Gasteiger partial charge on any atom is 0.255 e. The molecule has 0 saturated heterocycles. The second kappa shape index (κ2) is 8.15. The molecule has 2 aromatic carbocycles. The zero-order valence-electron chi connectivity index (χ0n) is 15.7. The molecule has 1 aliphatic rings. The Morgan fingerprint density at radius 2 is 1.74 bits per heavy atom. The highest BCUT2D eigenvalue weighted by molar-refractivity contribution is 5.72. The fourth-order valence-corrected chi connectivity index (χ4v) is 4.06. The Balaban J connectivity index is 2.27. The normalized spacial score (nSPS) is 19.0. The van der Waals surface area contributed by atoms with Gasteiger partial charge in [-0.05, 0) is 36.1 Å². The quantitative estimate of drug-likeness (QED) is 0.569. The van der Waals surface area contributed by atoms with E-state index in [-0.39, 0.29) is 5.82 Å². The molecule has 0 radical (unpaired) electrons. The van der Waals surface area contributed by atoms with Gasteiger partial charge in [0.1, 0.15) is 5.82 Å². The molecule has 144 valence electrons. The summed E-state index contributed by atoms with van der Waals surface area (Å²) in [6.07, 6.45) is 1.46. The van der Waals surface area contributed by atoms with Crippen molar-refractivity contribution in [2.45, 2.75) is 45.1 Å². The maximum absolute atomic E-state index is 14.2. The van der Waals surface area contributed by atoms with Crippen LogP contribution in [0.2, 0.25) is 0 Å². The molecule has 1 atom stereocenters. The van der Waals surface area contributed by atoms with E-state index in [0.717, 1.165) is 18.4 Å². The van der Waals surface area contributed by atoms with Crippen LogP contribution in [-0.4, -0.2) is 24.2 Å². The molecule has 1 unspecified atom stereocenters. The van der Waals surface area contributed by atoms with Crippen molar-refractivity contribution in [3.63, 3.8) is 0 Å². The third-order valence-electron chi connectivity index (χ3n) is 5.56. The van der Waals surface area contributed by atoms with Crippen molar-refractivity contribution in [2.24, 2.45) is 10.9 Å². The van der Waals surface area contributed by atoms with Crippen molar-refractivity contribution < 1.29 is 13.2 Å². The molecule has 0 aromatic heterocycles. The Morgan fingerprint density at radius 1 is 1.04 bits per heavy atom. The summed E-state index contributed by atoms with van der Waals surface area (Å²) < 4.78 is 41.1. The average molecular weight is 374 g/mol. The predicted molar refractivity (Wildman–Crippen MR) is 103 cm³/mol. The van der Waals surface area contributed by atoms with E-state index in [0.29, 0.717) is 23.6 Å². The largest absolute Gasteiger partial charge is 0.343 e. The summed E-state index contributed by atoms with van der Waals surface area (Å²) in [5, 5.41) is 0. The number of aliphatic imine (C=N–C) groups is 1. The van der Waals surface area contributed by atoms with Crippen molar-refractivity contribution >= 4 is 12.0 Å². The van der Waals surface area contributed by atoms with Gasteiger partial charge in [-0.3, -0.25) is 0 Å². The number of alkyl halides is 2. The molecule has 0 fully saturated rings. The molecule has 0 saturated carbocycles. The molecular weight excluding hydrogens is 349 g/mol. The Labute approximate surface area is 158 Å². The van der Waals surface area contributed by atoms with Crippen LogP contribution in [0.4, 0.5) is 18.9 Å². The summed E-state index contributed by atoms with van der Waals surface area (Å²) in [5.41, 5.74) is 1.31. The van der Waals surface area contributed by atoms with E-state index in [1.807, 2.05) is 30.3 Å². The van der Waals surface area contributed by atoms with E-state index in [4.69, 9.17) is 0 Å². The topological polar surface area (TPSA) is 15.6 Å². The van der Waals surface area contributed by atoms with Crippen LogP contribution in [0, 0.1) is 11.7 Å². The van der Waals surface area contributed by atoms with E-state index in [1.54, 1.807) is 11.0 Å². The van der Waals surface area contributed by atoms with Crippen LogP contribution in [0.25, 0.3) is 0 Å². The minimum absolute atomic E-state index is 0.313. The maximum atomic E-state index is 14.2. The van der Waals surface area contributed by atoms with Crippen LogP contribution < -0.4 is 0 Å². The predicted octanol–water partition coefficient (Wildman–Crippen LogP) is 6.14. The van der Waals surface area contributed by atoms with Crippen molar-refractivity contribution in [1.29, 1.82) is 0 Å². The van der Waals surface area contributed by atoms with Gasteiger partial charge in [-0.1, -0.05) is 57.0 Å². The molecule has 1 aliphatic heterocycles. The Kier molecular flexibility index (Phi) is 5.88. The molecule has 2 aromatic rings. The first-order chi connectivity index (χ1) is 13.0. The van der Waals surface area contributed by atoms with Crippen LogP contribution in [0.3, 0.4) is 0 Å². The highest BCUT2D eigenvalue weighted by atomic mass is 19.3. The van der Waals surface area contributed by atoms with Crippen molar-refractivity contribution in [3.05, 3.63) is 65.5 Å². The summed E-state index contributed by atoms with van der Waals surface area (Å²) in [4.78, 5) is 5.95. The number of nitrogens with zero attached hydrogens (tertiary/aromatic N) is 2. The lowest BCUT2D eigenvalue weighted by Gasteiger charge is -2.48. The van der Waals surface area contributed by atoms with Gasteiger partial charge in [0, 0.05) is 5.56 Å². The van der Waals surface area contributed by atoms with E-state index < -0.39 is 18.5 Å². The lowest BCUT2D eigenvalue weighted by atomic mass is 9.72. The molecule has 0 spiro atoms. The molecule has 3 rings (SSSR count). The van der Waals surface area contributed by atoms with Gasteiger partial charge >= 0.3 is 0 Å². The van der Waals surface area contributed by atoms with Crippen LogP contribution in [0.15, 0.2) is 53.5 Å². The third kappa shape index (κ3) is 3.73. The molecule has 27 heavy (non-hydrogen) atoms. The molecular formula is C22H25F3N2.